The number of esters is 1. The summed E-state index contributed by atoms with van der Waals surface area (Å²) in [7, 11) is 1.27. The lowest BCUT2D eigenvalue weighted by molar-refractivity contribution is -0.147. The molecule has 106 valence electrons. The standard InChI is InChI=1S/C13H15F3O3/c1-8(12(17)18-3)9(2)19-11-6-4-10(5-7-11)13(14,15)16/h4-9H,1-3H3/t8-,9-/m1/s1. The normalized spacial score (nSPS) is 14.6. The van der Waals surface area contributed by atoms with Crippen molar-refractivity contribution in [2.24, 2.45) is 5.92 Å². The molecule has 0 radical (unpaired) electrons. The Kier molecular flexibility index (Phi) is 4.80. The number of ether oxygens (including phenoxy) is 2. The van der Waals surface area contributed by atoms with Crippen LogP contribution in [0.5, 0.6) is 5.75 Å². The zero-order valence-electron chi connectivity index (χ0n) is 10.8. The van der Waals surface area contributed by atoms with E-state index >= 15 is 0 Å². The maximum Gasteiger partial charge on any atom is 0.416 e. The number of hydrogen-bond acceptors (Lipinski definition) is 3. The van der Waals surface area contributed by atoms with Crippen LogP contribution in [0.2, 0.25) is 0 Å². The van der Waals surface area contributed by atoms with E-state index in [0.29, 0.717) is 0 Å². The molecule has 1 rings (SSSR count). The summed E-state index contributed by atoms with van der Waals surface area (Å²) in [5.74, 6) is -0.664. The average Bonchev–Trinajstić information content (AvgIpc) is 2.36. The first-order valence-electron chi connectivity index (χ1n) is 5.67. The molecule has 19 heavy (non-hydrogen) atoms. The molecule has 0 heterocycles. The van der Waals surface area contributed by atoms with Crippen molar-refractivity contribution in [3.63, 3.8) is 0 Å². The molecular formula is C13H15F3O3. The molecule has 0 unspecified atom stereocenters. The average molecular weight is 276 g/mol. The lowest BCUT2D eigenvalue weighted by Gasteiger charge is -2.19. The van der Waals surface area contributed by atoms with Crippen LogP contribution in [0.1, 0.15) is 19.4 Å². The van der Waals surface area contributed by atoms with Crippen LogP contribution in [-0.4, -0.2) is 19.2 Å². The summed E-state index contributed by atoms with van der Waals surface area (Å²) in [6, 6.07) is 4.32. The van der Waals surface area contributed by atoms with Gasteiger partial charge in [-0.15, -0.1) is 0 Å². The summed E-state index contributed by atoms with van der Waals surface area (Å²) < 4.78 is 47.0. The molecule has 0 aliphatic heterocycles. The summed E-state index contributed by atoms with van der Waals surface area (Å²) in [4.78, 5) is 11.3. The smallest absolute Gasteiger partial charge is 0.416 e. The predicted molar refractivity (Wildman–Crippen MR) is 62.7 cm³/mol. The third-order valence-corrected chi connectivity index (χ3v) is 2.78. The Bertz CT molecular complexity index is 426. The quantitative estimate of drug-likeness (QED) is 0.792. The minimum atomic E-state index is -4.37. The largest absolute Gasteiger partial charge is 0.490 e. The molecule has 0 amide bonds. The topological polar surface area (TPSA) is 35.5 Å². The summed E-state index contributed by atoms with van der Waals surface area (Å²) in [6.45, 7) is 3.28. The van der Waals surface area contributed by atoms with E-state index < -0.39 is 29.7 Å². The number of methoxy groups -OCH3 is 1. The van der Waals surface area contributed by atoms with E-state index in [4.69, 9.17) is 4.74 Å². The van der Waals surface area contributed by atoms with E-state index in [2.05, 4.69) is 4.74 Å². The van der Waals surface area contributed by atoms with Gasteiger partial charge < -0.3 is 9.47 Å². The highest BCUT2D eigenvalue weighted by Crippen LogP contribution is 2.30. The van der Waals surface area contributed by atoms with Crippen molar-refractivity contribution < 1.29 is 27.4 Å². The number of benzene rings is 1. The van der Waals surface area contributed by atoms with E-state index in [1.807, 2.05) is 0 Å². The van der Waals surface area contributed by atoms with Crippen LogP contribution >= 0.6 is 0 Å². The summed E-state index contributed by atoms with van der Waals surface area (Å²) >= 11 is 0. The van der Waals surface area contributed by atoms with Crippen molar-refractivity contribution in [2.75, 3.05) is 7.11 Å². The Morgan fingerprint density at radius 1 is 1.16 bits per heavy atom. The SMILES string of the molecule is COC(=O)[C@H](C)[C@@H](C)Oc1ccc(C(F)(F)F)cc1. The fourth-order valence-corrected chi connectivity index (χ4v) is 1.42. The van der Waals surface area contributed by atoms with Crippen LogP contribution in [-0.2, 0) is 15.7 Å². The molecule has 0 fully saturated rings. The fourth-order valence-electron chi connectivity index (χ4n) is 1.42. The van der Waals surface area contributed by atoms with Crippen molar-refractivity contribution in [3.8, 4) is 5.75 Å². The molecule has 0 saturated carbocycles. The Morgan fingerprint density at radius 3 is 2.11 bits per heavy atom. The molecule has 1 aromatic carbocycles. The van der Waals surface area contributed by atoms with Gasteiger partial charge in [0.25, 0.3) is 0 Å². The van der Waals surface area contributed by atoms with Crippen molar-refractivity contribution in [1.29, 1.82) is 0 Å². The van der Waals surface area contributed by atoms with Crippen molar-refractivity contribution in [2.45, 2.75) is 26.1 Å². The van der Waals surface area contributed by atoms with Gasteiger partial charge >= 0.3 is 12.1 Å². The molecule has 0 saturated heterocycles. The third kappa shape index (κ3) is 4.15. The molecule has 3 nitrogen and oxygen atoms in total. The van der Waals surface area contributed by atoms with Gasteiger partial charge in [0.1, 0.15) is 11.9 Å². The second-order valence-electron chi connectivity index (χ2n) is 4.16. The first-order chi connectivity index (χ1) is 8.75. The van der Waals surface area contributed by atoms with Gasteiger partial charge in [-0.25, -0.2) is 0 Å². The van der Waals surface area contributed by atoms with Gasteiger partial charge in [-0.3, -0.25) is 4.79 Å². The fraction of sp³-hybridized carbons (Fsp3) is 0.462. The van der Waals surface area contributed by atoms with E-state index in [-0.39, 0.29) is 5.75 Å². The van der Waals surface area contributed by atoms with Gasteiger partial charge in [0.2, 0.25) is 0 Å². The molecule has 0 aliphatic carbocycles. The molecule has 0 bridgehead atoms. The predicted octanol–water partition coefficient (Wildman–Crippen LogP) is 3.28. The summed E-state index contributed by atoms with van der Waals surface area (Å²) in [5, 5.41) is 0. The highest BCUT2D eigenvalue weighted by atomic mass is 19.4. The molecular weight excluding hydrogens is 261 g/mol. The number of carbonyl (C=O) groups excluding carboxylic acids is 1. The van der Waals surface area contributed by atoms with Crippen LogP contribution in [0.15, 0.2) is 24.3 Å². The number of alkyl halides is 3. The molecule has 0 spiro atoms. The second kappa shape index (κ2) is 5.95. The van der Waals surface area contributed by atoms with Crippen LogP contribution in [0.4, 0.5) is 13.2 Å². The maximum atomic E-state index is 12.4. The molecule has 6 heteroatoms. The number of rotatable bonds is 4. The Hall–Kier alpha value is -1.72. The van der Waals surface area contributed by atoms with Gasteiger partial charge in [-0.05, 0) is 38.1 Å². The van der Waals surface area contributed by atoms with Gasteiger partial charge in [0, 0.05) is 0 Å². The molecule has 0 N–H and O–H groups in total. The Balaban J connectivity index is 2.70. The van der Waals surface area contributed by atoms with Gasteiger partial charge in [0.05, 0.1) is 18.6 Å². The van der Waals surface area contributed by atoms with Crippen LogP contribution in [0.25, 0.3) is 0 Å². The highest BCUT2D eigenvalue weighted by molar-refractivity contribution is 5.72. The van der Waals surface area contributed by atoms with Crippen molar-refractivity contribution >= 4 is 5.97 Å². The van der Waals surface area contributed by atoms with E-state index in [0.717, 1.165) is 12.1 Å². The van der Waals surface area contributed by atoms with Crippen LogP contribution < -0.4 is 4.74 Å². The highest BCUT2D eigenvalue weighted by Gasteiger charge is 2.30. The van der Waals surface area contributed by atoms with Gasteiger partial charge in [-0.2, -0.15) is 13.2 Å². The molecule has 0 aliphatic rings. The van der Waals surface area contributed by atoms with E-state index in [1.165, 1.54) is 19.2 Å². The van der Waals surface area contributed by atoms with Crippen LogP contribution in [0, 0.1) is 5.92 Å². The molecule has 2 atom stereocenters. The van der Waals surface area contributed by atoms with Crippen LogP contribution in [0.3, 0.4) is 0 Å². The monoisotopic (exact) mass is 276 g/mol. The lowest BCUT2D eigenvalue weighted by Crippen LogP contribution is -2.29. The first kappa shape index (κ1) is 15.3. The summed E-state index contributed by atoms with van der Waals surface area (Å²) in [5.41, 5.74) is -0.742. The Labute approximate surface area is 109 Å². The van der Waals surface area contributed by atoms with Crippen molar-refractivity contribution in [1.82, 2.24) is 0 Å². The number of carbonyl (C=O) groups is 1. The second-order valence-corrected chi connectivity index (χ2v) is 4.16. The zero-order chi connectivity index (χ0) is 14.6. The minimum Gasteiger partial charge on any atom is -0.490 e. The number of hydrogen-bond donors (Lipinski definition) is 0. The minimum absolute atomic E-state index is 0.274. The van der Waals surface area contributed by atoms with E-state index in [9.17, 15) is 18.0 Å². The zero-order valence-corrected chi connectivity index (χ0v) is 10.8. The maximum absolute atomic E-state index is 12.4. The number of halogens is 3. The molecule has 1 aromatic rings. The lowest BCUT2D eigenvalue weighted by atomic mass is 10.1. The Morgan fingerprint density at radius 2 is 1.68 bits per heavy atom. The van der Waals surface area contributed by atoms with Gasteiger partial charge in [-0.1, -0.05) is 0 Å². The molecule has 0 aromatic heterocycles. The summed E-state index contributed by atoms with van der Waals surface area (Å²) in [6.07, 6.45) is -4.87. The van der Waals surface area contributed by atoms with Crippen molar-refractivity contribution in [3.05, 3.63) is 29.8 Å². The van der Waals surface area contributed by atoms with E-state index in [1.54, 1.807) is 13.8 Å². The third-order valence-electron chi connectivity index (χ3n) is 2.78. The van der Waals surface area contributed by atoms with Gasteiger partial charge in [0.15, 0.2) is 0 Å². The first-order valence-corrected chi connectivity index (χ1v) is 5.67.